The number of halogens is 1. The molecule has 3 aliphatic rings. The molecule has 2 aromatic carbocycles. The summed E-state index contributed by atoms with van der Waals surface area (Å²) >= 11 is 7.35. The Morgan fingerprint density at radius 3 is 2.61 bits per heavy atom. The number of aliphatic imine (C=N–C) groups is 1. The number of ether oxygens (including phenoxy) is 1. The van der Waals surface area contributed by atoms with Crippen molar-refractivity contribution in [3.63, 3.8) is 0 Å². The van der Waals surface area contributed by atoms with E-state index in [1.165, 1.54) is 16.8 Å². The van der Waals surface area contributed by atoms with Gasteiger partial charge in [0.05, 0.1) is 12.0 Å². The van der Waals surface area contributed by atoms with Crippen molar-refractivity contribution in [2.45, 2.75) is 32.3 Å². The molecule has 0 unspecified atom stereocenters. The van der Waals surface area contributed by atoms with E-state index >= 15 is 0 Å². The summed E-state index contributed by atoms with van der Waals surface area (Å²) in [6.07, 6.45) is 4.95. The second kappa shape index (κ2) is 10.7. The molecule has 1 fully saturated rings. The first kappa shape index (κ1) is 24.3. The van der Waals surface area contributed by atoms with Crippen molar-refractivity contribution in [3.8, 4) is 5.75 Å². The molecule has 0 atom stereocenters. The van der Waals surface area contributed by atoms with Gasteiger partial charge in [0.15, 0.2) is 5.84 Å². The van der Waals surface area contributed by atoms with Gasteiger partial charge < -0.3 is 9.64 Å². The number of carbonyl (C=O) groups is 2. The standard InChI is InChI=1S/C26H24ClN5O3S/c27-21-7-3-2-6-18(21)16-35-19-10-8-17(9-11-19)14-20-24(28)32-26(29-25(20)34)36-22(30-32)15-23(33)31-12-4-1-5-13-31/h2-3,6-11,14,28H,1,4-5,12-13,15-16H2. The van der Waals surface area contributed by atoms with Gasteiger partial charge in [0.25, 0.3) is 5.91 Å². The Morgan fingerprint density at radius 2 is 1.86 bits per heavy atom. The highest BCUT2D eigenvalue weighted by atomic mass is 35.5. The summed E-state index contributed by atoms with van der Waals surface area (Å²) in [5, 5.41) is 15.8. The average molecular weight is 522 g/mol. The number of nitrogens with one attached hydrogen (secondary N) is 1. The van der Waals surface area contributed by atoms with E-state index in [0.29, 0.717) is 27.6 Å². The van der Waals surface area contributed by atoms with Crippen molar-refractivity contribution < 1.29 is 14.3 Å². The predicted molar refractivity (Wildman–Crippen MR) is 142 cm³/mol. The van der Waals surface area contributed by atoms with Gasteiger partial charge in [-0.2, -0.15) is 15.1 Å². The lowest BCUT2D eigenvalue weighted by molar-refractivity contribution is -0.130. The smallest absolute Gasteiger partial charge is 0.283 e. The molecule has 1 saturated heterocycles. The molecule has 184 valence electrons. The Labute approximate surface area is 218 Å². The summed E-state index contributed by atoms with van der Waals surface area (Å²) in [5.41, 5.74) is 1.75. The van der Waals surface area contributed by atoms with Crippen molar-refractivity contribution in [1.29, 1.82) is 5.41 Å². The molecule has 2 amide bonds. The molecule has 10 heteroatoms. The van der Waals surface area contributed by atoms with Crippen molar-refractivity contribution in [3.05, 3.63) is 70.3 Å². The summed E-state index contributed by atoms with van der Waals surface area (Å²) in [7, 11) is 0. The first-order chi connectivity index (χ1) is 17.5. The van der Waals surface area contributed by atoms with E-state index < -0.39 is 5.91 Å². The van der Waals surface area contributed by atoms with Crippen LogP contribution >= 0.6 is 23.4 Å². The number of likely N-dealkylation sites (tertiary alicyclic amines) is 1. The Kier molecular flexibility index (Phi) is 7.20. The molecule has 5 rings (SSSR count). The van der Waals surface area contributed by atoms with Crippen molar-refractivity contribution >= 4 is 57.3 Å². The maximum Gasteiger partial charge on any atom is 0.283 e. The molecule has 0 spiro atoms. The van der Waals surface area contributed by atoms with Crippen LogP contribution in [0.4, 0.5) is 0 Å². The minimum absolute atomic E-state index is 0.0202. The van der Waals surface area contributed by atoms with Crippen LogP contribution in [-0.4, -0.2) is 50.9 Å². The molecule has 0 saturated carbocycles. The number of carbonyl (C=O) groups excluding carboxylic acids is 2. The van der Waals surface area contributed by atoms with Crippen molar-refractivity contribution in [1.82, 2.24) is 9.91 Å². The Bertz CT molecular complexity index is 1300. The number of amidine groups is 2. The summed E-state index contributed by atoms with van der Waals surface area (Å²) in [6.45, 7) is 1.88. The molecule has 8 nitrogen and oxygen atoms in total. The molecule has 0 aliphatic carbocycles. The van der Waals surface area contributed by atoms with Gasteiger partial charge in [-0.3, -0.25) is 15.0 Å². The molecule has 0 radical (unpaired) electrons. The van der Waals surface area contributed by atoms with E-state index in [-0.39, 0.29) is 23.7 Å². The van der Waals surface area contributed by atoms with Crippen LogP contribution in [0.1, 0.15) is 36.8 Å². The molecule has 2 aromatic rings. The Hall–Kier alpha value is -3.43. The van der Waals surface area contributed by atoms with E-state index in [0.717, 1.165) is 43.5 Å². The third kappa shape index (κ3) is 5.37. The summed E-state index contributed by atoms with van der Waals surface area (Å²) in [6, 6.07) is 14.7. The van der Waals surface area contributed by atoms with Crippen LogP contribution in [0.2, 0.25) is 5.02 Å². The Balaban J connectivity index is 1.25. The third-order valence-corrected chi connectivity index (χ3v) is 7.33. The largest absolute Gasteiger partial charge is 0.489 e. The van der Waals surface area contributed by atoms with Gasteiger partial charge in [0, 0.05) is 23.7 Å². The number of rotatable bonds is 6. The maximum atomic E-state index is 12.7. The highest BCUT2D eigenvalue weighted by molar-refractivity contribution is 8.27. The second-order valence-corrected chi connectivity index (χ2v) is 10.0. The van der Waals surface area contributed by atoms with Crippen LogP contribution in [0.3, 0.4) is 0 Å². The van der Waals surface area contributed by atoms with Gasteiger partial charge in [0.1, 0.15) is 17.4 Å². The second-order valence-electron chi connectivity index (χ2n) is 8.58. The number of piperidine rings is 1. The molecule has 36 heavy (non-hydrogen) atoms. The van der Waals surface area contributed by atoms with Gasteiger partial charge in [0.2, 0.25) is 11.1 Å². The number of hydrogen-bond donors (Lipinski definition) is 1. The van der Waals surface area contributed by atoms with Crippen LogP contribution in [0.25, 0.3) is 6.08 Å². The highest BCUT2D eigenvalue weighted by Crippen LogP contribution is 2.30. The highest BCUT2D eigenvalue weighted by Gasteiger charge is 2.36. The number of thioether (sulfide) groups is 1. The van der Waals surface area contributed by atoms with Crippen molar-refractivity contribution in [2.24, 2.45) is 10.1 Å². The van der Waals surface area contributed by atoms with Gasteiger partial charge >= 0.3 is 0 Å². The summed E-state index contributed by atoms with van der Waals surface area (Å²) < 4.78 is 5.81. The van der Waals surface area contributed by atoms with Gasteiger partial charge in [-0.1, -0.05) is 41.9 Å². The zero-order chi connectivity index (χ0) is 25.1. The number of hydrazone groups is 1. The number of fused-ring (bicyclic) bond motifs is 1. The lowest BCUT2D eigenvalue weighted by Gasteiger charge is -2.26. The van der Waals surface area contributed by atoms with Crippen LogP contribution in [0.15, 0.2) is 64.2 Å². The van der Waals surface area contributed by atoms with Gasteiger partial charge in [-0.25, -0.2) is 0 Å². The average Bonchev–Trinajstić information content (AvgIpc) is 3.29. The normalized spacial score (nSPS) is 18.8. The monoisotopic (exact) mass is 521 g/mol. The molecule has 0 bridgehead atoms. The Morgan fingerprint density at radius 1 is 1.11 bits per heavy atom. The first-order valence-electron chi connectivity index (χ1n) is 11.7. The van der Waals surface area contributed by atoms with Crippen LogP contribution in [-0.2, 0) is 16.2 Å². The lowest BCUT2D eigenvalue weighted by atomic mass is 10.1. The molecular weight excluding hydrogens is 498 g/mol. The van der Waals surface area contributed by atoms with Crippen molar-refractivity contribution in [2.75, 3.05) is 13.1 Å². The quantitative estimate of drug-likeness (QED) is 0.543. The van der Waals surface area contributed by atoms with E-state index in [1.807, 2.05) is 29.2 Å². The minimum Gasteiger partial charge on any atom is -0.489 e. The molecule has 3 aliphatic heterocycles. The van der Waals surface area contributed by atoms with E-state index in [4.69, 9.17) is 21.7 Å². The molecule has 3 heterocycles. The van der Waals surface area contributed by atoms with E-state index in [9.17, 15) is 9.59 Å². The summed E-state index contributed by atoms with van der Waals surface area (Å²) in [5.74, 6) is 0.117. The lowest BCUT2D eigenvalue weighted by Crippen LogP contribution is -2.36. The van der Waals surface area contributed by atoms with Gasteiger partial charge in [-0.15, -0.1) is 0 Å². The first-order valence-corrected chi connectivity index (χ1v) is 12.9. The molecule has 1 N–H and O–H groups in total. The molecule has 0 aromatic heterocycles. The predicted octanol–water partition coefficient (Wildman–Crippen LogP) is 4.94. The van der Waals surface area contributed by atoms with E-state index in [1.54, 1.807) is 30.3 Å². The van der Waals surface area contributed by atoms with Crippen LogP contribution < -0.4 is 4.74 Å². The number of nitrogens with zero attached hydrogens (tertiary/aromatic N) is 4. The zero-order valence-corrected chi connectivity index (χ0v) is 21.0. The zero-order valence-electron chi connectivity index (χ0n) is 19.4. The fourth-order valence-electron chi connectivity index (χ4n) is 4.09. The van der Waals surface area contributed by atoms with Gasteiger partial charge in [-0.05, 0) is 60.9 Å². The SMILES string of the molecule is N=C1C(=Cc2ccc(OCc3ccccc3Cl)cc2)C(=O)N=C2SC(CC(=O)N3CCCCC3)=NN12. The third-order valence-electron chi connectivity index (χ3n) is 6.05. The maximum absolute atomic E-state index is 12.7. The van der Waals surface area contributed by atoms with Crippen LogP contribution in [0.5, 0.6) is 5.75 Å². The molecular formula is C26H24ClN5O3S. The fraction of sp³-hybridized carbons (Fsp3) is 0.269. The number of hydrogen-bond acceptors (Lipinski definition) is 6. The number of amides is 2. The summed E-state index contributed by atoms with van der Waals surface area (Å²) in [4.78, 5) is 31.3. The minimum atomic E-state index is -0.503. The fourth-order valence-corrected chi connectivity index (χ4v) is 5.16. The topological polar surface area (TPSA) is 98.4 Å². The number of benzene rings is 2. The van der Waals surface area contributed by atoms with E-state index in [2.05, 4.69) is 10.1 Å². The van der Waals surface area contributed by atoms with Crippen LogP contribution in [0, 0.1) is 5.41 Å².